The average molecular weight is 612 g/mol. The summed E-state index contributed by atoms with van der Waals surface area (Å²) in [4.78, 5) is 91.9. The van der Waals surface area contributed by atoms with Crippen LogP contribution in [0.1, 0.15) is 86.9 Å². The van der Waals surface area contributed by atoms with E-state index in [1.165, 1.54) is 36.4 Å². The number of hydrogen-bond acceptors (Lipinski definition) is 7. The summed E-state index contributed by atoms with van der Waals surface area (Å²) in [6, 6.07) is 22.9. The molecule has 4 aromatic rings. The lowest BCUT2D eigenvalue weighted by Gasteiger charge is -2.09. The number of nitrogens with one attached hydrogen (secondary N) is 1. The van der Waals surface area contributed by atoms with Crippen LogP contribution in [-0.2, 0) is 16.0 Å². The second-order valence-corrected chi connectivity index (χ2v) is 11.8. The van der Waals surface area contributed by atoms with E-state index in [4.69, 9.17) is 0 Å². The summed E-state index contributed by atoms with van der Waals surface area (Å²) in [7, 11) is 0. The Bertz CT molecular complexity index is 1990. The Balaban J connectivity index is 1.16. The molecule has 2 aliphatic carbocycles. The van der Waals surface area contributed by atoms with Crippen molar-refractivity contribution in [3.8, 4) is 0 Å². The van der Waals surface area contributed by atoms with Crippen molar-refractivity contribution >= 4 is 46.3 Å². The van der Waals surface area contributed by atoms with Crippen LogP contribution in [0.25, 0.3) is 0 Å². The largest absolute Gasteiger partial charge is 0.325 e. The van der Waals surface area contributed by atoms with Gasteiger partial charge in [0.05, 0.1) is 0 Å². The SMILES string of the molecule is Cc1ccc(CCCC(=O)C2C(=O)c3ccc(C(=O)c4ccc5c(c4)C(=O)C(C(=O)Nc4ccc(C)cc4)C5=O)cc3C2=O)cc1. The lowest BCUT2D eigenvalue weighted by molar-refractivity contribution is -0.120. The van der Waals surface area contributed by atoms with Gasteiger partial charge in [0.15, 0.2) is 40.6 Å². The zero-order chi connectivity index (χ0) is 32.7. The lowest BCUT2D eigenvalue weighted by Crippen LogP contribution is -2.31. The quantitative estimate of drug-likeness (QED) is 0.188. The van der Waals surface area contributed by atoms with Crippen molar-refractivity contribution in [1.29, 1.82) is 0 Å². The van der Waals surface area contributed by atoms with Crippen LogP contribution in [-0.4, -0.2) is 40.6 Å². The van der Waals surface area contributed by atoms with E-state index in [2.05, 4.69) is 5.32 Å². The zero-order valence-electron chi connectivity index (χ0n) is 25.2. The van der Waals surface area contributed by atoms with E-state index in [1.54, 1.807) is 24.3 Å². The molecule has 0 saturated carbocycles. The molecule has 228 valence electrons. The number of amides is 1. The summed E-state index contributed by atoms with van der Waals surface area (Å²) in [5.41, 5.74) is 3.87. The van der Waals surface area contributed by atoms with E-state index in [0.29, 0.717) is 18.5 Å². The number of Topliss-reactive ketones (excluding diaryl/α,β-unsaturated/α-hetero) is 5. The van der Waals surface area contributed by atoms with Gasteiger partial charge < -0.3 is 5.32 Å². The number of hydrogen-bond donors (Lipinski definition) is 1. The number of carbonyl (C=O) groups is 7. The van der Waals surface area contributed by atoms with E-state index in [-0.39, 0.29) is 39.8 Å². The molecule has 0 aromatic heterocycles. The maximum atomic E-state index is 13.5. The molecule has 0 spiro atoms. The summed E-state index contributed by atoms with van der Waals surface area (Å²) >= 11 is 0. The van der Waals surface area contributed by atoms with Crippen LogP contribution >= 0.6 is 0 Å². The van der Waals surface area contributed by atoms with Crippen molar-refractivity contribution in [3.63, 3.8) is 0 Å². The Kier molecular flexibility index (Phi) is 7.96. The number of carbonyl (C=O) groups excluding carboxylic acids is 7. The van der Waals surface area contributed by atoms with Gasteiger partial charge in [-0.3, -0.25) is 33.6 Å². The highest BCUT2D eigenvalue weighted by Gasteiger charge is 2.45. The number of anilines is 1. The normalized spacial score (nSPS) is 16.7. The highest BCUT2D eigenvalue weighted by molar-refractivity contribution is 6.37. The summed E-state index contributed by atoms with van der Waals surface area (Å²) in [5.74, 6) is -7.33. The molecule has 1 N–H and O–H groups in total. The first kappa shape index (κ1) is 30.4. The van der Waals surface area contributed by atoms with E-state index >= 15 is 0 Å². The van der Waals surface area contributed by atoms with Gasteiger partial charge in [0.25, 0.3) is 0 Å². The van der Waals surface area contributed by atoms with Gasteiger partial charge >= 0.3 is 0 Å². The van der Waals surface area contributed by atoms with Crippen LogP contribution in [0, 0.1) is 25.7 Å². The van der Waals surface area contributed by atoms with E-state index in [0.717, 1.165) is 16.7 Å². The molecule has 1 amide bonds. The van der Waals surface area contributed by atoms with Crippen molar-refractivity contribution in [3.05, 3.63) is 135 Å². The molecule has 0 radical (unpaired) electrons. The Morgan fingerprint density at radius 2 is 1.07 bits per heavy atom. The Labute approximate surface area is 264 Å². The van der Waals surface area contributed by atoms with Crippen molar-refractivity contribution in [2.45, 2.75) is 33.1 Å². The van der Waals surface area contributed by atoms with Gasteiger partial charge in [-0.05, 0) is 68.7 Å². The van der Waals surface area contributed by atoms with Crippen LogP contribution in [0.3, 0.4) is 0 Å². The molecule has 0 saturated heterocycles. The fourth-order valence-corrected chi connectivity index (χ4v) is 5.98. The Morgan fingerprint density at radius 1 is 0.587 bits per heavy atom. The molecule has 8 nitrogen and oxygen atoms in total. The Hall–Kier alpha value is -5.63. The van der Waals surface area contributed by atoms with Gasteiger partial charge in [0.2, 0.25) is 5.91 Å². The summed E-state index contributed by atoms with van der Waals surface area (Å²) < 4.78 is 0. The maximum absolute atomic E-state index is 13.5. The van der Waals surface area contributed by atoms with Crippen LogP contribution in [0.15, 0.2) is 84.9 Å². The average Bonchev–Trinajstić information content (AvgIpc) is 3.45. The first-order valence-electron chi connectivity index (χ1n) is 15.0. The monoisotopic (exact) mass is 611 g/mol. The third-order valence-corrected chi connectivity index (χ3v) is 8.59. The number of fused-ring (bicyclic) bond motifs is 2. The van der Waals surface area contributed by atoms with Crippen LogP contribution in [0.4, 0.5) is 5.69 Å². The molecule has 0 heterocycles. The zero-order valence-corrected chi connectivity index (χ0v) is 25.2. The maximum Gasteiger partial charge on any atom is 0.243 e. The summed E-state index contributed by atoms with van der Waals surface area (Å²) in [5, 5.41) is 2.60. The minimum absolute atomic E-state index is 0.00740. The minimum atomic E-state index is -1.57. The van der Waals surface area contributed by atoms with Crippen LogP contribution in [0.5, 0.6) is 0 Å². The van der Waals surface area contributed by atoms with Crippen molar-refractivity contribution in [1.82, 2.24) is 0 Å². The molecule has 2 atom stereocenters. The van der Waals surface area contributed by atoms with Gasteiger partial charge in [0, 0.05) is 45.5 Å². The third-order valence-electron chi connectivity index (χ3n) is 8.59. The topological polar surface area (TPSA) is 132 Å². The first-order valence-corrected chi connectivity index (χ1v) is 15.0. The highest BCUT2D eigenvalue weighted by atomic mass is 16.2. The minimum Gasteiger partial charge on any atom is -0.325 e. The molecule has 0 aliphatic heterocycles. The van der Waals surface area contributed by atoms with Gasteiger partial charge in [0.1, 0.15) is 5.92 Å². The van der Waals surface area contributed by atoms with Gasteiger partial charge in [-0.2, -0.15) is 0 Å². The summed E-state index contributed by atoms with van der Waals surface area (Å²) in [6.45, 7) is 3.87. The second kappa shape index (κ2) is 12.0. The lowest BCUT2D eigenvalue weighted by atomic mass is 9.94. The summed E-state index contributed by atoms with van der Waals surface area (Å²) in [6.07, 6.45) is 1.20. The third kappa shape index (κ3) is 5.54. The van der Waals surface area contributed by atoms with Crippen LogP contribution < -0.4 is 5.32 Å². The molecular formula is C38H29NO7. The van der Waals surface area contributed by atoms with Gasteiger partial charge in [-0.25, -0.2) is 0 Å². The second-order valence-electron chi connectivity index (χ2n) is 11.8. The van der Waals surface area contributed by atoms with E-state index in [9.17, 15) is 33.6 Å². The molecule has 6 rings (SSSR count). The molecule has 0 fully saturated rings. The number of ketones is 6. The van der Waals surface area contributed by atoms with E-state index < -0.39 is 52.4 Å². The first-order chi connectivity index (χ1) is 22.0. The molecule has 2 aliphatic rings. The van der Waals surface area contributed by atoms with Crippen molar-refractivity contribution < 1.29 is 33.6 Å². The molecule has 46 heavy (non-hydrogen) atoms. The fourth-order valence-electron chi connectivity index (χ4n) is 5.98. The molecule has 0 bridgehead atoms. The van der Waals surface area contributed by atoms with Crippen molar-refractivity contribution in [2.75, 3.05) is 5.32 Å². The number of aryl methyl sites for hydroxylation is 3. The molecular weight excluding hydrogens is 582 g/mol. The van der Waals surface area contributed by atoms with Gasteiger partial charge in [-0.1, -0.05) is 59.7 Å². The fraction of sp³-hybridized carbons (Fsp3) is 0.184. The predicted octanol–water partition coefficient (Wildman–Crippen LogP) is 5.76. The van der Waals surface area contributed by atoms with E-state index in [1.807, 2.05) is 38.1 Å². The molecule has 4 aromatic carbocycles. The smallest absolute Gasteiger partial charge is 0.243 e. The molecule has 2 unspecified atom stereocenters. The Morgan fingerprint density at radius 3 is 1.63 bits per heavy atom. The van der Waals surface area contributed by atoms with Crippen LogP contribution in [0.2, 0.25) is 0 Å². The number of rotatable bonds is 9. The van der Waals surface area contributed by atoms with Gasteiger partial charge in [-0.15, -0.1) is 0 Å². The van der Waals surface area contributed by atoms with Crippen molar-refractivity contribution in [2.24, 2.45) is 11.8 Å². The molecule has 8 heteroatoms. The standard InChI is InChI=1S/C38H29NO7/c1-20-6-10-22(11-7-20)4-3-5-30(40)31-34(42)26-16-12-23(18-28(26)36(31)44)33(41)24-13-17-27-29(19-24)37(45)32(35(27)43)38(46)39-25-14-8-21(2)9-15-25/h6-19,31-32H,3-5H2,1-2H3,(H,39,46). The number of benzene rings is 4. The predicted molar refractivity (Wildman–Crippen MR) is 170 cm³/mol. The highest BCUT2D eigenvalue weighted by Crippen LogP contribution is 2.32.